The maximum Gasteiger partial charge on any atom is 0.416 e. The van der Waals surface area contributed by atoms with Gasteiger partial charge in [0.2, 0.25) is 5.91 Å². The summed E-state index contributed by atoms with van der Waals surface area (Å²) in [7, 11) is 2.95. The van der Waals surface area contributed by atoms with Crippen molar-refractivity contribution in [3.8, 4) is 5.75 Å². The topological polar surface area (TPSA) is 99.3 Å². The fourth-order valence-electron chi connectivity index (χ4n) is 5.40. The Morgan fingerprint density at radius 2 is 1.67 bits per heavy atom. The molecule has 2 aromatic carbocycles. The summed E-state index contributed by atoms with van der Waals surface area (Å²) in [5.41, 5.74) is -2.40. The van der Waals surface area contributed by atoms with Crippen molar-refractivity contribution in [1.29, 1.82) is 0 Å². The highest BCUT2D eigenvalue weighted by Crippen LogP contribution is 2.38. The maximum atomic E-state index is 14.3. The second kappa shape index (κ2) is 11.6. The number of ether oxygens (including phenoxy) is 1. The van der Waals surface area contributed by atoms with Gasteiger partial charge in [0.25, 0.3) is 11.8 Å². The van der Waals surface area contributed by atoms with E-state index in [2.05, 4.69) is 5.32 Å². The summed E-state index contributed by atoms with van der Waals surface area (Å²) in [6.07, 6.45) is -4.50. The number of likely N-dealkylation sites (N-methyl/N-ethyl adjacent to an activating group) is 1. The number of nitrogens with zero attached hydrogens (tertiary/aromatic N) is 3. The minimum atomic E-state index is -4.78. The number of carbonyl (C=O) groups excluding carboxylic acids is 4. The number of nitrogens with one attached hydrogen (secondary N) is 1. The Bertz CT molecular complexity index is 1370. The molecule has 1 atom stereocenters. The van der Waals surface area contributed by atoms with Crippen LogP contribution in [-0.4, -0.2) is 77.3 Å². The molecule has 2 fully saturated rings. The molecule has 0 saturated carbocycles. The van der Waals surface area contributed by atoms with Crippen LogP contribution in [0.2, 0.25) is 0 Å². The van der Waals surface area contributed by atoms with E-state index in [1.54, 1.807) is 38.1 Å². The minimum absolute atomic E-state index is 0.0851. The van der Waals surface area contributed by atoms with Gasteiger partial charge in [-0.3, -0.25) is 19.3 Å². The molecule has 0 radical (unpaired) electrons. The number of urea groups is 1. The Labute approximate surface area is 240 Å². The summed E-state index contributed by atoms with van der Waals surface area (Å²) in [4.78, 5) is 56.8. The van der Waals surface area contributed by atoms with Gasteiger partial charge in [0.1, 0.15) is 23.1 Å². The fourth-order valence-corrected chi connectivity index (χ4v) is 5.40. The molecule has 226 valence electrons. The van der Waals surface area contributed by atoms with Gasteiger partial charge < -0.3 is 19.9 Å². The number of hydrogen-bond donors (Lipinski definition) is 1. The molecule has 13 heteroatoms. The molecule has 0 bridgehead atoms. The Morgan fingerprint density at radius 1 is 1.05 bits per heavy atom. The van der Waals surface area contributed by atoms with Crippen molar-refractivity contribution < 1.29 is 41.5 Å². The van der Waals surface area contributed by atoms with Crippen LogP contribution in [0.15, 0.2) is 42.5 Å². The highest BCUT2D eigenvalue weighted by atomic mass is 19.4. The lowest BCUT2D eigenvalue weighted by Crippen LogP contribution is -2.60. The number of halogens is 4. The molecule has 5 amide bonds. The van der Waals surface area contributed by atoms with Gasteiger partial charge in [0.05, 0.1) is 18.2 Å². The molecule has 0 aromatic heterocycles. The monoisotopic (exact) mass is 592 g/mol. The molecule has 42 heavy (non-hydrogen) atoms. The third-order valence-corrected chi connectivity index (χ3v) is 7.90. The second-order valence-electron chi connectivity index (χ2n) is 10.8. The van der Waals surface area contributed by atoms with Crippen LogP contribution in [0.4, 0.5) is 22.4 Å². The zero-order chi connectivity index (χ0) is 31.0. The highest BCUT2D eigenvalue weighted by Gasteiger charge is 2.57. The summed E-state index contributed by atoms with van der Waals surface area (Å²) in [6, 6.07) is 6.98. The molecule has 2 aliphatic heterocycles. The number of imide groups is 1. The van der Waals surface area contributed by atoms with Gasteiger partial charge in [-0.2, -0.15) is 13.2 Å². The fraction of sp³-hybridized carbons (Fsp3) is 0.448. The summed E-state index contributed by atoms with van der Waals surface area (Å²) in [5.74, 6) is -3.04. The summed E-state index contributed by atoms with van der Waals surface area (Å²) < 4.78 is 58.9. The van der Waals surface area contributed by atoms with Crippen LogP contribution in [0.3, 0.4) is 0 Å². The molecular formula is C29H32F4N4O5. The first-order valence-electron chi connectivity index (χ1n) is 13.4. The van der Waals surface area contributed by atoms with Crippen LogP contribution in [0.25, 0.3) is 0 Å². The van der Waals surface area contributed by atoms with Crippen molar-refractivity contribution >= 4 is 23.8 Å². The molecule has 2 aromatic rings. The van der Waals surface area contributed by atoms with Crippen LogP contribution in [0, 0.1) is 11.7 Å². The molecule has 1 spiro atoms. The molecule has 4 rings (SSSR count). The number of benzene rings is 2. The average Bonchev–Trinajstić information content (AvgIpc) is 3.12. The molecule has 9 nitrogen and oxygen atoms in total. The zero-order valence-corrected chi connectivity index (χ0v) is 23.6. The first-order chi connectivity index (χ1) is 19.7. The van der Waals surface area contributed by atoms with Crippen molar-refractivity contribution in [3.05, 3.63) is 65.0 Å². The van der Waals surface area contributed by atoms with Crippen LogP contribution < -0.4 is 10.1 Å². The molecule has 2 heterocycles. The third kappa shape index (κ3) is 5.77. The van der Waals surface area contributed by atoms with E-state index in [0.717, 1.165) is 10.5 Å². The van der Waals surface area contributed by atoms with Crippen LogP contribution in [0.1, 0.15) is 48.2 Å². The second-order valence-corrected chi connectivity index (χ2v) is 10.8. The zero-order valence-electron chi connectivity index (χ0n) is 23.6. The Balaban J connectivity index is 1.50. The van der Waals surface area contributed by atoms with E-state index in [4.69, 9.17) is 4.74 Å². The van der Waals surface area contributed by atoms with Gasteiger partial charge in [-0.1, -0.05) is 26.0 Å². The van der Waals surface area contributed by atoms with Crippen LogP contribution >= 0.6 is 0 Å². The third-order valence-electron chi connectivity index (χ3n) is 7.90. The number of carbonyl (C=O) groups is 4. The van der Waals surface area contributed by atoms with Gasteiger partial charge >= 0.3 is 12.2 Å². The van der Waals surface area contributed by atoms with Crippen molar-refractivity contribution in [2.75, 3.05) is 27.2 Å². The summed E-state index contributed by atoms with van der Waals surface area (Å²) in [6.45, 7) is 3.62. The van der Waals surface area contributed by atoms with Crippen molar-refractivity contribution in [2.45, 2.75) is 51.0 Å². The van der Waals surface area contributed by atoms with E-state index in [0.29, 0.717) is 23.9 Å². The summed E-state index contributed by atoms with van der Waals surface area (Å²) in [5, 5.41) is 2.40. The number of alkyl halides is 3. The number of methoxy groups -OCH3 is 1. The maximum absolute atomic E-state index is 14.3. The van der Waals surface area contributed by atoms with E-state index < -0.39 is 58.5 Å². The van der Waals surface area contributed by atoms with Crippen molar-refractivity contribution in [1.82, 2.24) is 20.0 Å². The molecule has 0 unspecified atom stereocenters. The van der Waals surface area contributed by atoms with Gasteiger partial charge in [-0.25, -0.2) is 9.18 Å². The summed E-state index contributed by atoms with van der Waals surface area (Å²) >= 11 is 0. The first kappa shape index (κ1) is 30.8. The smallest absolute Gasteiger partial charge is 0.416 e. The Kier molecular flexibility index (Phi) is 8.51. The van der Waals surface area contributed by atoms with Gasteiger partial charge in [0, 0.05) is 26.7 Å². The first-order valence-corrected chi connectivity index (χ1v) is 13.4. The highest BCUT2D eigenvalue weighted by molar-refractivity contribution is 6.07. The van der Waals surface area contributed by atoms with Gasteiger partial charge in [-0.15, -0.1) is 0 Å². The number of piperidine rings is 1. The predicted molar refractivity (Wildman–Crippen MR) is 143 cm³/mol. The van der Waals surface area contributed by atoms with E-state index in [1.165, 1.54) is 24.0 Å². The number of rotatable bonds is 7. The lowest BCUT2D eigenvalue weighted by atomic mass is 9.85. The van der Waals surface area contributed by atoms with Gasteiger partial charge in [-0.05, 0) is 54.7 Å². The largest absolute Gasteiger partial charge is 0.497 e. The van der Waals surface area contributed by atoms with E-state index >= 15 is 0 Å². The number of hydrogen-bond acceptors (Lipinski definition) is 5. The molecular weight excluding hydrogens is 560 g/mol. The lowest BCUT2D eigenvalue weighted by Gasteiger charge is -2.43. The van der Waals surface area contributed by atoms with Gasteiger partial charge in [0.15, 0.2) is 0 Å². The SMILES string of the molecule is COc1ccc(CN2C(=O)N(C)C(=O)C23CCN(C(=O)[C@H](NC(=O)c2cc(C(F)(F)F)ccc2F)C(C)C)CC3)cc1. The molecule has 0 aliphatic carbocycles. The Hall–Kier alpha value is -4.16. The van der Waals surface area contributed by atoms with Crippen LogP contribution in [-0.2, 0) is 22.3 Å². The molecule has 1 N–H and O–H groups in total. The number of likely N-dealkylation sites (tertiary alicyclic amines) is 1. The average molecular weight is 593 g/mol. The standard InChI is InChI=1S/C29H32F4N4O5/c1-17(2)23(34-24(38)21-15-19(29(31,32)33)7-10-22(21)30)25(39)36-13-11-28(12-14-36)26(40)35(3)27(41)37(28)16-18-5-8-20(42-4)9-6-18/h5-10,15,17,23H,11-14,16H2,1-4H3,(H,34,38)/t23-/m1/s1. The van der Waals surface area contributed by atoms with Crippen molar-refractivity contribution in [2.24, 2.45) is 5.92 Å². The number of amides is 5. The normalized spacial score (nSPS) is 17.7. The van der Waals surface area contributed by atoms with Crippen molar-refractivity contribution in [3.63, 3.8) is 0 Å². The lowest BCUT2D eigenvalue weighted by molar-refractivity contribution is -0.142. The Morgan fingerprint density at radius 3 is 2.21 bits per heavy atom. The minimum Gasteiger partial charge on any atom is -0.497 e. The molecule has 2 aliphatic rings. The molecule has 2 saturated heterocycles. The van der Waals surface area contributed by atoms with E-state index in [-0.39, 0.29) is 38.4 Å². The predicted octanol–water partition coefficient (Wildman–Crippen LogP) is 4.06. The van der Waals surface area contributed by atoms with E-state index in [1.807, 2.05) is 0 Å². The van der Waals surface area contributed by atoms with Crippen LogP contribution in [0.5, 0.6) is 5.75 Å². The van der Waals surface area contributed by atoms with E-state index in [9.17, 15) is 36.7 Å². The quantitative estimate of drug-likeness (QED) is 0.386.